The second-order valence-corrected chi connectivity index (χ2v) is 9.30. The summed E-state index contributed by atoms with van der Waals surface area (Å²) < 4.78 is 0. The Morgan fingerprint density at radius 1 is 0.889 bits per heavy atom. The third-order valence-corrected chi connectivity index (χ3v) is 8.95. The Balaban J connectivity index is 2.65. The average Bonchev–Trinajstić information content (AvgIpc) is 2.42. The van der Waals surface area contributed by atoms with Gasteiger partial charge in [0.2, 0.25) is 0 Å². The summed E-state index contributed by atoms with van der Waals surface area (Å²) in [6, 6.07) is 22.9. The second-order valence-electron chi connectivity index (χ2n) is 4.77. The number of hydrogen-bond acceptors (Lipinski definition) is 0. The van der Waals surface area contributed by atoms with Crippen LogP contribution in [0.25, 0.3) is 0 Å². The van der Waals surface area contributed by atoms with Crippen molar-refractivity contribution in [2.45, 2.75) is 19.9 Å². The Labute approximate surface area is 111 Å². The largest absolute Gasteiger partial charge is 0.143 e. The molecule has 0 aromatic heterocycles. The van der Waals surface area contributed by atoms with Gasteiger partial charge in [0, 0.05) is 0 Å². The minimum absolute atomic E-state index is 1.16. The van der Waals surface area contributed by atoms with Crippen LogP contribution in [-0.2, 0) is 0 Å². The van der Waals surface area contributed by atoms with Crippen LogP contribution in [0.4, 0.5) is 0 Å². The van der Waals surface area contributed by atoms with E-state index >= 15 is 0 Å². The summed E-state index contributed by atoms with van der Waals surface area (Å²) in [7, 11) is -1.79. The van der Waals surface area contributed by atoms with Crippen molar-refractivity contribution >= 4 is 18.4 Å². The summed E-state index contributed by atoms with van der Waals surface area (Å²) in [5.74, 6) is 0. The first kappa shape index (κ1) is 12.8. The van der Waals surface area contributed by atoms with Crippen molar-refractivity contribution in [2.75, 3.05) is 0 Å². The number of hydrogen-bond donors (Lipinski definition) is 0. The standard InChI is InChI=1S/C17H20Si/c1-4-18(15(2)3,16-11-7-5-8-12-16)17-13-9-6-10-14-17/h5-14H,2,4H2,1,3H3. The monoisotopic (exact) mass is 252 g/mol. The third-order valence-electron chi connectivity index (χ3n) is 3.79. The zero-order valence-electron chi connectivity index (χ0n) is 11.2. The maximum atomic E-state index is 4.31. The molecule has 0 aliphatic rings. The van der Waals surface area contributed by atoms with Gasteiger partial charge in [-0.2, -0.15) is 0 Å². The zero-order valence-corrected chi connectivity index (χ0v) is 12.2. The van der Waals surface area contributed by atoms with Crippen LogP contribution in [0.1, 0.15) is 13.8 Å². The van der Waals surface area contributed by atoms with Crippen molar-refractivity contribution in [2.24, 2.45) is 0 Å². The summed E-state index contributed by atoms with van der Waals surface area (Å²) in [6.45, 7) is 8.80. The van der Waals surface area contributed by atoms with E-state index in [1.807, 2.05) is 0 Å². The van der Waals surface area contributed by atoms with Crippen LogP contribution in [-0.4, -0.2) is 8.07 Å². The van der Waals surface area contributed by atoms with Gasteiger partial charge in [-0.25, -0.2) is 0 Å². The highest BCUT2D eigenvalue weighted by Gasteiger charge is 2.35. The maximum absolute atomic E-state index is 4.31. The van der Waals surface area contributed by atoms with E-state index in [0.717, 1.165) is 6.04 Å². The van der Waals surface area contributed by atoms with Gasteiger partial charge in [0.25, 0.3) is 0 Å². The van der Waals surface area contributed by atoms with Crippen molar-refractivity contribution in [1.29, 1.82) is 0 Å². The fourth-order valence-electron chi connectivity index (χ4n) is 2.81. The lowest BCUT2D eigenvalue weighted by atomic mass is 10.4. The van der Waals surface area contributed by atoms with Crippen LogP contribution in [0.5, 0.6) is 0 Å². The highest BCUT2D eigenvalue weighted by Crippen LogP contribution is 2.18. The van der Waals surface area contributed by atoms with Crippen LogP contribution < -0.4 is 10.4 Å². The van der Waals surface area contributed by atoms with Gasteiger partial charge < -0.3 is 0 Å². The molecule has 0 fully saturated rings. The van der Waals surface area contributed by atoms with Gasteiger partial charge in [-0.15, -0.1) is 6.58 Å². The Hall–Kier alpha value is -1.60. The molecule has 0 aliphatic heterocycles. The minimum Gasteiger partial charge on any atom is -0.103 e. The van der Waals surface area contributed by atoms with E-state index in [9.17, 15) is 0 Å². The molecule has 2 aromatic carbocycles. The van der Waals surface area contributed by atoms with E-state index in [2.05, 4.69) is 81.1 Å². The Kier molecular flexibility index (Phi) is 3.83. The molecule has 0 atom stereocenters. The van der Waals surface area contributed by atoms with Crippen molar-refractivity contribution in [3.8, 4) is 0 Å². The van der Waals surface area contributed by atoms with Gasteiger partial charge >= 0.3 is 0 Å². The lowest BCUT2D eigenvalue weighted by molar-refractivity contribution is 1.37. The number of allylic oxidation sites excluding steroid dienone is 1. The molecule has 0 amide bonds. The molecule has 1 heteroatoms. The van der Waals surface area contributed by atoms with Crippen molar-refractivity contribution in [3.05, 3.63) is 72.4 Å². The lowest BCUT2D eigenvalue weighted by Crippen LogP contribution is -2.58. The Morgan fingerprint density at radius 3 is 1.56 bits per heavy atom. The van der Waals surface area contributed by atoms with Crippen molar-refractivity contribution in [1.82, 2.24) is 0 Å². The van der Waals surface area contributed by atoms with Crippen molar-refractivity contribution in [3.63, 3.8) is 0 Å². The summed E-state index contributed by atoms with van der Waals surface area (Å²) in [5, 5.41) is 4.26. The zero-order chi connectivity index (χ0) is 13.0. The first-order valence-electron chi connectivity index (χ1n) is 6.49. The Bertz CT molecular complexity index is 474. The molecule has 0 aliphatic carbocycles. The normalized spacial score (nSPS) is 11.2. The van der Waals surface area contributed by atoms with E-state index in [1.165, 1.54) is 15.6 Å². The number of benzene rings is 2. The molecule has 0 unspecified atom stereocenters. The van der Waals surface area contributed by atoms with E-state index in [4.69, 9.17) is 0 Å². The predicted molar refractivity (Wildman–Crippen MR) is 83.2 cm³/mol. The van der Waals surface area contributed by atoms with Crippen molar-refractivity contribution < 1.29 is 0 Å². The van der Waals surface area contributed by atoms with E-state index in [-0.39, 0.29) is 0 Å². The topological polar surface area (TPSA) is 0 Å². The van der Waals surface area contributed by atoms with Gasteiger partial charge in [-0.1, -0.05) is 72.8 Å². The highest BCUT2D eigenvalue weighted by atomic mass is 28.3. The molecule has 0 bridgehead atoms. The molecule has 0 N–H and O–H groups in total. The summed E-state index contributed by atoms with van der Waals surface area (Å²) in [5.41, 5.74) is 0. The van der Waals surface area contributed by atoms with Gasteiger partial charge in [0.1, 0.15) is 8.07 Å². The molecule has 2 aromatic rings. The summed E-state index contributed by atoms with van der Waals surface area (Å²) in [4.78, 5) is 0. The average molecular weight is 252 g/mol. The summed E-state index contributed by atoms with van der Waals surface area (Å²) in [6.07, 6.45) is 0. The van der Waals surface area contributed by atoms with Gasteiger partial charge in [0.05, 0.1) is 0 Å². The minimum atomic E-state index is -1.79. The Morgan fingerprint density at radius 2 is 1.28 bits per heavy atom. The van der Waals surface area contributed by atoms with Crippen LogP contribution in [0.15, 0.2) is 72.4 Å². The molecule has 0 spiro atoms. The SMILES string of the molecule is C=C(C)[Si](CC)(c1ccccc1)c1ccccc1. The quantitative estimate of drug-likeness (QED) is 0.732. The third kappa shape index (κ3) is 2.06. The van der Waals surface area contributed by atoms with Crippen LogP contribution >= 0.6 is 0 Å². The summed E-state index contributed by atoms with van der Waals surface area (Å²) >= 11 is 0. The molecule has 18 heavy (non-hydrogen) atoms. The molecular weight excluding hydrogens is 232 g/mol. The number of rotatable bonds is 4. The van der Waals surface area contributed by atoms with Gasteiger partial charge in [0.15, 0.2) is 0 Å². The molecule has 0 saturated heterocycles. The lowest BCUT2D eigenvalue weighted by Gasteiger charge is -2.32. The fraction of sp³-hybridized carbons (Fsp3) is 0.176. The molecule has 92 valence electrons. The maximum Gasteiger partial charge on any atom is 0.143 e. The molecule has 2 rings (SSSR count). The highest BCUT2D eigenvalue weighted by molar-refractivity contribution is 7.07. The molecule has 0 saturated carbocycles. The van der Waals surface area contributed by atoms with E-state index in [1.54, 1.807) is 0 Å². The molecule has 0 nitrogen and oxygen atoms in total. The first-order valence-corrected chi connectivity index (χ1v) is 8.69. The molecule has 0 radical (unpaired) electrons. The predicted octanol–water partition coefficient (Wildman–Crippen LogP) is 3.38. The van der Waals surface area contributed by atoms with Gasteiger partial charge in [-0.3, -0.25) is 0 Å². The molecule has 0 heterocycles. The smallest absolute Gasteiger partial charge is 0.103 e. The molecular formula is C17H20Si. The van der Waals surface area contributed by atoms with Crippen LogP contribution in [0, 0.1) is 0 Å². The second kappa shape index (κ2) is 5.36. The van der Waals surface area contributed by atoms with Gasteiger partial charge in [-0.05, 0) is 23.3 Å². The fourth-order valence-corrected chi connectivity index (χ4v) is 7.08. The van der Waals surface area contributed by atoms with E-state index < -0.39 is 8.07 Å². The van der Waals surface area contributed by atoms with E-state index in [0.29, 0.717) is 0 Å². The first-order chi connectivity index (χ1) is 8.71. The van der Waals surface area contributed by atoms with Crippen LogP contribution in [0.2, 0.25) is 6.04 Å². The van der Waals surface area contributed by atoms with Crippen LogP contribution in [0.3, 0.4) is 0 Å².